The molecule has 0 spiro atoms. The molecule has 1 aliphatic heterocycles. The van der Waals surface area contributed by atoms with Crippen molar-refractivity contribution in [2.75, 3.05) is 27.4 Å². The molecule has 0 unspecified atom stereocenters. The van der Waals surface area contributed by atoms with E-state index < -0.39 is 16.1 Å². The molecule has 0 saturated carbocycles. The van der Waals surface area contributed by atoms with Gasteiger partial charge < -0.3 is 18.7 Å². The second-order valence-corrected chi connectivity index (χ2v) is 6.96. The van der Waals surface area contributed by atoms with E-state index in [1.807, 2.05) is 0 Å². The highest BCUT2D eigenvalue weighted by Crippen LogP contribution is 2.30. The van der Waals surface area contributed by atoms with Gasteiger partial charge in [-0.3, -0.25) is 0 Å². The van der Waals surface area contributed by atoms with Gasteiger partial charge in [0, 0.05) is 18.7 Å². The van der Waals surface area contributed by atoms with Gasteiger partial charge in [-0.1, -0.05) is 5.16 Å². The van der Waals surface area contributed by atoms with Crippen LogP contribution in [0.5, 0.6) is 5.75 Å². The van der Waals surface area contributed by atoms with Crippen LogP contribution in [0, 0.1) is 0 Å². The lowest BCUT2D eigenvalue weighted by Crippen LogP contribution is -2.43. The van der Waals surface area contributed by atoms with Crippen molar-refractivity contribution < 1.29 is 27.2 Å². The molecule has 2 heterocycles. The van der Waals surface area contributed by atoms with Crippen molar-refractivity contribution in [1.82, 2.24) is 9.88 Å². The van der Waals surface area contributed by atoms with Crippen LogP contribution in [0.4, 0.5) is 0 Å². The van der Waals surface area contributed by atoms with Crippen molar-refractivity contribution >= 4 is 10.0 Å². The van der Waals surface area contributed by atoms with E-state index >= 15 is 0 Å². The summed E-state index contributed by atoms with van der Waals surface area (Å²) >= 11 is 0. The molecule has 0 radical (unpaired) electrons. The maximum Gasteiger partial charge on any atom is 0.244 e. The number of nitrogens with one attached hydrogen (secondary N) is 1. The summed E-state index contributed by atoms with van der Waals surface area (Å²) in [5.74, 6) is 0.701. The minimum Gasteiger partial charge on any atom is -0.495 e. The Bertz CT molecular complexity index is 790. The Morgan fingerprint density at radius 1 is 1.25 bits per heavy atom. The number of hydrogen-bond donors (Lipinski definition) is 1. The molecule has 1 aromatic heterocycles. The molecule has 0 amide bonds. The normalized spacial score (nSPS) is 21.1. The Hall–Kier alpha value is -1.94. The SMILES string of the molecule is COc1ccc(-c2ccno2)cc1S(=O)(=O)N[C@H]1COC[C@@H]1OC. The summed E-state index contributed by atoms with van der Waals surface area (Å²) in [6, 6.07) is 5.95. The fourth-order valence-corrected chi connectivity index (χ4v) is 3.99. The molecule has 130 valence electrons. The zero-order valence-electron chi connectivity index (χ0n) is 13.3. The zero-order chi connectivity index (χ0) is 17.2. The molecule has 24 heavy (non-hydrogen) atoms. The molecule has 1 aliphatic rings. The molecule has 1 N–H and O–H groups in total. The van der Waals surface area contributed by atoms with Crippen molar-refractivity contribution in [2.45, 2.75) is 17.0 Å². The Morgan fingerprint density at radius 3 is 2.75 bits per heavy atom. The predicted octanol–water partition coefficient (Wildman–Crippen LogP) is 1.04. The van der Waals surface area contributed by atoms with E-state index in [0.29, 0.717) is 17.9 Å². The van der Waals surface area contributed by atoms with Gasteiger partial charge in [0.1, 0.15) is 10.6 Å². The summed E-state index contributed by atoms with van der Waals surface area (Å²) in [6.07, 6.45) is 1.16. The summed E-state index contributed by atoms with van der Waals surface area (Å²) < 4.78 is 49.0. The molecule has 1 aromatic carbocycles. The number of nitrogens with zero attached hydrogens (tertiary/aromatic N) is 1. The van der Waals surface area contributed by atoms with Crippen LogP contribution in [0.3, 0.4) is 0 Å². The molecule has 8 nitrogen and oxygen atoms in total. The van der Waals surface area contributed by atoms with Crippen molar-refractivity contribution in [3.8, 4) is 17.1 Å². The average Bonchev–Trinajstić information content (AvgIpc) is 3.25. The third-order valence-electron chi connectivity index (χ3n) is 3.81. The largest absolute Gasteiger partial charge is 0.495 e. The lowest BCUT2D eigenvalue weighted by atomic mass is 10.2. The second kappa shape index (κ2) is 6.89. The zero-order valence-corrected chi connectivity index (χ0v) is 14.1. The highest BCUT2D eigenvalue weighted by atomic mass is 32.2. The smallest absolute Gasteiger partial charge is 0.244 e. The van der Waals surface area contributed by atoms with Crippen LogP contribution < -0.4 is 9.46 Å². The number of aromatic nitrogens is 1. The summed E-state index contributed by atoms with van der Waals surface area (Å²) in [6.45, 7) is 0.598. The van der Waals surface area contributed by atoms with Gasteiger partial charge in [0.05, 0.1) is 38.7 Å². The molecule has 2 aromatic rings. The molecular weight excluding hydrogens is 336 g/mol. The monoisotopic (exact) mass is 354 g/mol. The van der Waals surface area contributed by atoms with Crippen LogP contribution in [-0.2, 0) is 19.5 Å². The third-order valence-corrected chi connectivity index (χ3v) is 5.32. The van der Waals surface area contributed by atoms with Crippen molar-refractivity contribution in [1.29, 1.82) is 0 Å². The van der Waals surface area contributed by atoms with Gasteiger partial charge >= 0.3 is 0 Å². The van der Waals surface area contributed by atoms with Gasteiger partial charge in [0.25, 0.3) is 0 Å². The topological polar surface area (TPSA) is 99.9 Å². The molecule has 0 aliphatic carbocycles. The van der Waals surface area contributed by atoms with E-state index in [-0.39, 0.29) is 23.4 Å². The number of sulfonamides is 1. The van der Waals surface area contributed by atoms with Gasteiger partial charge in [0.2, 0.25) is 10.0 Å². The van der Waals surface area contributed by atoms with Crippen molar-refractivity contribution in [3.05, 3.63) is 30.5 Å². The van der Waals surface area contributed by atoms with Gasteiger partial charge in [-0.2, -0.15) is 0 Å². The van der Waals surface area contributed by atoms with E-state index in [4.69, 9.17) is 18.7 Å². The Kier molecular flexibility index (Phi) is 4.86. The highest BCUT2D eigenvalue weighted by molar-refractivity contribution is 7.89. The molecule has 0 bridgehead atoms. The first kappa shape index (κ1) is 16.9. The van der Waals surface area contributed by atoms with E-state index in [1.54, 1.807) is 18.2 Å². The maximum atomic E-state index is 12.8. The minimum atomic E-state index is -3.84. The van der Waals surface area contributed by atoms with Crippen molar-refractivity contribution in [3.63, 3.8) is 0 Å². The van der Waals surface area contributed by atoms with Crippen LogP contribution in [0.1, 0.15) is 0 Å². The Balaban J connectivity index is 1.95. The van der Waals surface area contributed by atoms with Crippen LogP contribution in [0.25, 0.3) is 11.3 Å². The lowest BCUT2D eigenvalue weighted by molar-refractivity contribution is 0.0761. The maximum absolute atomic E-state index is 12.8. The van der Waals surface area contributed by atoms with Gasteiger partial charge in [-0.15, -0.1) is 0 Å². The van der Waals surface area contributed by atoms with Gasteiger partial charge in [-0.25, -0.2) is 13.1 Å². The van der Waals surface area contributed by atoms with E-state index in [0.717, 1.165) is 0 Å². The van der Waals surface area contributed by atoms with Crippen LogP contribution in [-0.4, -0.2) is 53.2 Å². The molecule has 3 rings (SSSR count). The van der Waals surface area contributed by atoms with Gasteiger partial charge in [-0.05, 0) is 18.2 Å². The summed E-state index contributed by atoms with van der Waals surface area (Å²) in [7, 11) is -0.905. The number of rotatable bonds is 6. The van der Waals surface area contributed by atoms with Gasteiger partial charge in [0.15, 0.2) is 5.76 Å². The first-order valence-corrected chi connectivity index (χ1v) is 8.75. The molecule has 2 atom stereocenters. The van der Waals surface area contributed by atoms with E-state index in [2.05, 4.69) is 9.88 Å². The Morgan fingerprint density at radius 2 is 2.08 bits per heavy atom. The van der Waals surface area contributed by atoms with Crippen LogP contribution >= 0.6 is 0 Å². The molecule has 9 heteroatoms. The first-order chi connectivity index (χ1) is 11.5. The van der Waals surface area contributed by atoms with Crippen LogP contribution in [0.2, 0.25) is 0 Å². The first-order valence-electron chi connectivity index (χ1n) is 7.27. The molecular formula is C15H18N2O6S. The molecule has 1 saturated heterocycles. The average molecular weight is 354 g/mol. The lowest BCUT2D eigenvalue weighted by Gasteiger charge is -2.19. The van der Waals surface area contributed by atoms with E-state index in [9.17, 15) is 8.42 Å². The number of benzene rings is 1. The predicted molar refractivity (Wildman–Crippen MR) is 84.2 cm³/mol. The van der Waals surface area contributed by atoms with E-state index in [1.165, 1.54) is 26.5 Å². The summed E-state index contributed by atoms with van der Waals surface area (Å²) in [5, 5.41) is 3.63. The summed E-state index contributed by atoms with van der Waals surface area (Å²) in [5.41, 5.74) is 0.583. The second-order valence-electron chi connectivity index (χ2n) is 5.28. The summed E-state index contributed by atoms with van der Waals surface area (Å²) in [4.78, 5) is 0.0145. The van der Waals surface area contributed by atoms with Crippen molar-refractivity contribution in [2.24, 2.45) is 0 Å². The fourth-order valence-electron chi connectivity index (χ4n) is 2.54. The third kappa shape index (κ3) is 3.29. The standard InChI is InChI=1S/C15H18N2O6S/c1-20-13-4-3-10(12-5-6-16-23-12)7-15(13)24(18,19)17-11-8-22-9-14(11)21-2/h3-7,11,14,17H,8-9H2,1-2H3/t11-,14-/m0/s1. The minimum absolute atomic E-state index is 0.0145. The fraction of sp³-hybridized carbons (Fsp3) is 0.400. The highest BCUT2D eigenvalue weighted by Gasteiger charge is 2.33. The number of methoxy groups -OCH3 is 2. The number of ether oxygens (including phenoxy) is 3. The molecule has 1 fully saturated rings. The van der Waals surface area contributed by atoms with Crippen LogP contribution in [0.15, 0.2) is 39.9 Å². The Labute approximate surface area is 139 Å². The number of hydrogen-bond acceptors (Lipinski definition) is 7. The quantitative estimate of drug-likeness (QED) is 0.827.